The van der Waals surface area contributed by atoms with Gasteiger partial charge in [0.05, 0.1) is 4.92 Å². The molecule has 1 N–H and O–H groups in total. The minimum absolute atomic E-state index is 0.0135. The summed E-state index contributed by atoms with van der Waals surface area (Å²) in [5.74, 6) is 0.743. The predicted octanol–water partition coefficient (Wildman–Crippen LogP) is 4.09. The lowest BCUT2D eigenvalue weighted by molar-refractivity contribution is -0.384. The van der Waals surface area contributed by atoms with Gasteiger partial charge in [0.15, 0.2) is 0 Å². The van der Waals surface area contributed by atoms with Crippen LogP contribution in [0.2, 0.25) is 0 Å². The summed E-state index contributed by atoms with van der Waals surface area (Å²) in [7, 11) is 0. The molecular weight excluding hydrogens is 372 g/mol. The molecule has 1 atom stereocenters. The Morgan fingerprint density at radius 2 is 1.83 bits per heavy atom. The van der Waals surface area contributed by atoms with Crippen LogP contribution in [-0.2, 0) is 11.2 Å². The quantitative estimate of drug-likeness (QED) is 0.455. The van der Waals surface area contributed by atoms with Gasteiger partial charge in [0.2, 0.25) is 17.6 Å². The topological polar surface area (TPSA) is 111 Å². The second-order valence-corrected chi connectivity index (χ2v) is 7.17. The van der Waals surface area contributed by atoms with E-state index < -0.39 is 11.0 Å². The van der Waals surface area contributed by atoms with Gasteiger partial charge in [-0.25, -0.2) is 0 Å². The van der Waals surface area contributed by atoms with Crippen LogP contribution in [0.25, 0.3) is 11.4 Å². The average molecular weight is 394 g/mol. The summed E-state index contributed by atoms with van der Waals surface area (Å²) in [4.78, 5) is 27.1. The average Bonchev–Trinajstić information content (AvgIpc) is 3.18. The molecule has 0 saturated carbocycles. The van der Waals surface area contributed by atoms with Crippen molar-refractivity contribution in [3.8, 4) is 11.4 Å². The Hall–Kier alpha value is -3.55. The molecule has 0 unspecified atom stereocenters. The molecule has 0 spiro atoms. The van der Waals surface area contributed by atoms with E-state index in [4.69, 9.17) is 4.52 Å². The molecule has 8 nitrogen and oxygen atoms in total. The number of nitro groups is 1. The molecule has 0 aliphatic rings. The third-order valence-electron chi connectivity index (χ3n) is 4.29. The lowest BCUT2D eigenvalue weighted by Gasteiger charge is -2.16. The van der Waals surface area contributed by atoms with Gasteiger partial charge in [-0.3, -0.25) is 14.9 Å². The SMILES string of the molecule is CC(C)CC(=O)N[C@H](Cc1ccccc1)c1nc(-c2ccc([N+](=O)[O-])cc2)no1. The number of aromatic nitrogens is 2. The van der Waals surface area contributed by atoms with Crippen molar-refractivity contribution >= 4 is 11.6 Å². The summed E-state index contributed by atoms with van der Waals surface area (Å²) < 4.78 is 5.43. The molecule has 3 aromatic rings. The number of nitrogens with one attached hydrogen (secondary N) is 1. The van der Waals surface area contributed by atoms with E-state index in [-0.39, 0.29) is 17.5 Å². The zero-order valence-electron chi connectivity index (χ0n) is 16.2. The van der Waals surface area contributed by atoms with E-state index >= 15 is 0 Å². The first kappa shape index (κ1) is 20.2. The third-order valence-corrected chi connectivity index (χ3v) is 4.29. The molecule has 0 radical (unpaired) electrons. The normalized spacial score (nSPS) is 12.0. The summed E-state index contributed by atoms with van der Waals surface area (Å²) in [6.07, 6.45) is 0.904. The van der Waals surface area contributed by atoms with Crippen LogP contribution >= 0.6 is 0 Å². The van der Waals surface area contributed by atoms with Crippen LogP contribution in [0.3, 0.4) is 0 Å². The molecule has 0 fully saturated rings. The zero-order valence-corrected chi connectivity index (χ0v) is 16.2. The van der Waals surface area contributed by atoms with Crippen molar-refractivity contribution in [2.24, 2.45) is 5.92 Å². The van der Waals surface area contributed by atoms with Gasteiger partial charge in [-0.2, -0.15) is 4.98 Å². The first-order valence-corrected chi connectivity index (χ1v) is 9.34. The van der Waals surface area contributed by atoms with Crippen molar-refractivity contribution in [2.45, 2.75) is 32.7 Å². The minimum atomic E-state index is -0.469. The number of rotatable bonds is 8. The van der Waals surface area contributed by atoms with E-state index in [0.717, 1.165) is 5.56 Å². The number of non-ortho nitro benzene ring substituents is 1. The molecule has 3 rings (SSSR count). The number of carbonyl (C=O) groups is 1. The predicted molar refractivity (Wildman–Crippen MR) is 107 cm³/mol. The van der Waals surface area contributed by atoms with E-state index in [2.05, 4.69) is 15.5 Å². The van der Waals surface area contributed by atoms with Crippen molar-refractivity contribution in [3.63, 3.8) is 0 Å². The van der Waals surface area contributed by atoms with Crippen LogP contribution in [-0.4, -0.2) is 21.0 Å². The van der Waals surface area contributed by atoms with Gasteiger partial charge in [-0.15, -0.1) is 0 Å². The van der Waals surface area contributed by atoms with Gasteiger partial charge < -0.3 is 9.84 Å². The highest BCUT2D eigenvalue weighted by molar-refractivity contribution is 5.76. The highest BCUT2D eigenvalue weighted by Gasteiger charge is 2.23. The fourth-order valence-electron chi connectivity index (χ4n) is 2.90. The van der Waals surface area contributed by atoms with E-state index in [0.29, 0.717) is 30.1 Å². The Labute approximate surface area is 168 Å². The van der Waals surface area contributed by atoms with Crippen LogP contribution in [0.1, 0.15) is 37.8 Å². The van der Waals surface area contributed by atoms with Crippen molar-refractivity contribution in [3.05, 3.63) is 76.2 Å². The largest absolute Gasteiger partial charge is 0.344 e. The van der Waals surface area contributed by atoms with Gasteiger partial charge >= 0.3 is 0 Å². The van der Waals surface area contributed by atoms with Crippen LogP contribution in [0, 0.1) is 16.0 Å². The Morgan fingerprint density at radius 3 is 2.45 bits per heavy atom. The Morgan fingerprint density at radius 1 is 1.14 bits per heavy atom. The summed E-state index contributed by atoms with van der Waals surface area (Å²) in [5, 5.41) is 17.8. The highest BCUT2D eigenvalue weighted by atomic mass is 16.6. The lowest BCUT2D eigenvalue weighted by Crippen LogP contribution is -2.31. The number of amides is 1. The molecule has 0 bridgehead atoms. The Kier molecular flexibility index (Phi) is 6.33. The first-order chi connectivity index (χ1) is 13.9. The molecule has 1 amide bonds. The van der Waals surface area contributed by atoms with E-state index in [1.165, 1.54) is 12.1 Å². The smallest absolute Gasteiger partial charge is 0.269 e. The number of nitrogens with zero attached hydrogens (tertiary/aromatic N) is 3. The van der Waals surface area contributed by atoms with Crippen LogP contribution in [0.4, 0.5) is 5.69 Å². The maximum atomic E-state index is 12.3. The fraction of sp³-hybridized carbons (Fsp3) is 0.286. The molecule has 2 aromatic carbocycles. The first-order valence-electron chi connectivity index (χ1n) is 9.34. The monoisotopic (exact) mass is 394 g/mol. The lowest BCUT2D eigenvalue weighted by atomic mass is 10.0. The van der Waals surface area contributed by atoms with E-state index in [9.17, 15) is 14.9 Å². The number of hydrogen-bond donors (Lipinski definition) is 1. The summed E-state index contributed by atoms with van der Waals surface area (Å²) in [6.45, 7) is 3.95. The van der Waals surface area contributed by atoms with Crippen molar-refractivity contribution in [2.75, 3.05) is 0 Å². The standard InChI is InChI=1S/C21H22N4O4/c1-14(2)12-19(26)22-18(13-15-6-4-3-5-7-15)21-23-20(24-29-21)16-8-10-17(11-9-16)25(27)28/h3-11,14,18H,12-13H2,1-2H3,(H,22,26)/t18-/m1/s1. The van der Waals surface area contributed by atoms with Crippen molar-refractivity contribution < 1.29 is 14.2 Å². The minimum Gasteiger partial charge on any atom is -0.344 e. The van der Waals surface area contributed by atoms with Crippen LogP contribution < -0.4 is 5.32 Å². The van der Waals surface area contributed by atoms with E-state index in [1.54, 1.807) is 12.1 Å². The second-order valence-electron chi connectivity index (χ2n) is 7.17. The maximum Gasteiger partial charge on any atom is 0.269 e. The van der Waals surface area contributed by atoms with Crippen molar-refractivity contribution in [1.82, 2.24) is 15.5 Å². The number of benzene rings is 2. The summed E-state index contributed by atoms with van der Waals surface area (Å²) >= 11 is 0. The zero-order chi connectivity index (χ0) is 20.8. The number of carbonyl (C=O) groups excluding carboxylic acids is 1. The molecule has 8 heteroatoms. The molecular formula is C21H22N4O4. The number of nitro benzene ring substituents is 1. The maximum absolute atomic E-state index is 12.3. The molecule has 0 aliphatic heterocycles. The van der Waals surface area contributed by atoms with Crippen LogP contribution in [0.5, 0.6) is 0 Å². The molecule has 0 saturated heterocycles. The Balaban J connectivity index is 1.83. The molecule has 1 aromatic heterocycles. The van der Waals surface area contributed by atoms with Crippen LogP contribution in [0.15, 0.2) is 59.1 Å². The molecule has 150 valence electrons. The Bertz CT molecular complexity index is 968. The molecule has 0 aliphatic carbocycles. The van der Waals surface area contributed by atoms with Gasteiger partial charge in [0.1, 0.15) is 6.04 Å². The third kappa shape index (κ3) is 5.47. The van der Waals surface area contributed by atoms with Crippen molar-refractivity contribution in [1.29, 1.82) is 0 Å². The van der Waals surface area contributed by atoms with E-state index in [1.807, 2.05) is 44.2 Å². The highest BCUT2D eigenvalue weighted by Crippen LogP contribution is 2.23. The fourth-order valence-corrected chi connectivity index (χ4v) is 2.90. The second kappa shape index (κ2) is 9.09. The summed E-state index contributed by atoms with van der Waals surface area (Å²) in [5.41, 5.74) is 1.61. The summed E-state index contributed by atoms with van der Waals surface area (Å²) in [6, 6.07) is 15.2. The van der Waals surface area contributed by atoms with Gasteiger partial charge in [-0.05, 0) is 23.6 Å². The molecule has 29 heavy (non-hydrogen) atoms. The van der Waals surface area contributed by atoms with Gasteiger partial charge in [0, 0.05) is 30.5 Å². The van der Waals surface area contributed by atoms with Gasteiger partial charge in [-0.1, -0.05) is 49.3 Å². The van der Waals surface area contributed by atoms with Gasteiger partial charge in [0.25, 0.3) is 5.69 Å². The molecule has 1 heterocycles. The number of hydrogen-bond acceptors (Lipinski definition) is 6.